The quantitative estimate of drug-likeness (QED) is 0.305. The molecule has 1 amide bonds. The van der Waals surface area contributed by atoms with Crippen molar-refractivity contribution in [1.82, 2.24) is 24.8 Å². The fourth-order valence-electron chi connectivity index (χ4n) is 4.85. The average molecular weight is 574 g/mol. The Morgan fingerprint density at radius 1 is 1.15 bits per heavy atom. The third kappa shape index (κ3) is 5.66. The largest absolute Gasteiger partial charge is 0.336 e. The van der Waals surface area contributed by atoms with Gasteiger partial charge in [0.15, 0.2) is 0 Å². The molecule has 9 heteroatoms. The fourth-order valence-corrected chi connectivity index (χ4v) is 5.81. The lowest BCUT2D eigenvalue weighted by Crippen LogP contribution is -2.47. The number of aromatic nitrogens is 3. The molecule has 1 saturated heterocycles. The molecule has 0 atom stereocenters. The van der Waals surface area contributed by atoms with Crippen LogP contribution in [-0.2, 0) is 6.42 Å². The molecule has 0 spiro atoms. The van der Waals surface area contributed by atoms with Crippen molar-refractivity contribution >= 4 is 34.9 Å². The first-order chi connectivity index (χ1) is 19.3. The van der Waals surface area contributed by atoms with Crippen LogP contribution in [0.2, 0.25) is 5.02 Å². The minimum atomic E-state index is -0.233. The van der Waals surface area contributed by atoms with E-state index < -0.39 is 0 Å². The molecule has 1 aliphatic rings. The van der Waals surface area contributed by atoms with E-state index >= 15 is 0 Å². The first-order valence-electron chi connectivity index (χ1n) is 13.4. The topological polar surface area (TPSA) is 80.1 Å². The van der Waals surface area contributed by atoms with Gasteiger partial charge in [-0.1, -0.05) is 36.2 Å². The molecule has 1 fully saturated rings. The highest BCUT2D eigenvalue weighted by Crippen LogP contribution is 2.31. The smallest absolute Gasteiger partial charge is 0.265 e. The maximum absolute atomic E-state index is 14.4. The molecule has 1 aromatic carbocycles. The van der Waals surface area contributed by atoms with Gasteiger partial charge in [0, 0.05) is 48.3 Å². The lowest BCUT2D eigenvalue weighted by Gasteiger charge is -2.29. The van der Waals surface area contributed by atoms with E-state index in [1.54, 1.807) is 10.6 Å². The predicted molar refractivity (Wildman–Crippen MR) is 164 cm³/mol. The van der Waals surface area contributed by atoms with E-state index in [0.717, 1.165) is 41.2 Å². The normalized spacial score (nSPS) is 13.4. The van der Waals surface area contributed by atoms with Crippen LogP contribution in [0.15, 0.2) is 58.3 Å². The molecule has 40 heavy (non-hydrogen) atoms. The lowest BCUT2D eigenvalue weighted by atomic mass is 10.0. The number of rotatable bonds is 6. The zero-order valence-corrected chi connectivity index (χ0v) is 24.7. The molecule has 3 aromatic heterocycles. The first-order valence-corrected chi connectivity index (χ1v) is 14.6. The minimum Gasteiger partial charge on any atom is -0.336 e. The van der Waals surface area contributed by atoms with Gasteiger partial charge in [-0.3, -0.25) is 19.1 Å². The molecule has 4 aromatic rings. The van der Waals surface area contributed by atoms with Crippen LogP contribution in [0, 0.1) is 6.92 Å². The van der Waals surface area contributed by atoms with Gasteiger partial charge in [0.05, 0.1) is 33.9 Å². The number of nitrogens with zero attached hydrogens (tertiary/aromatic N) is 4. The second kappa shape index (κ2) is 11.9. The van der Waals surface area contributed by atoms with Gasteiger partial charge < -0.3 is 10.2 Å². The molecule has 0 unspecified atom stereocenters. The predicted octanol–water partition coefficient (Wildman–Crippen LogP) is 6.02. The highest BCUT2D eigenvalue weighted by molar-refractivity contribution is 7.13. The van der Waals surface area contributed by atoms with E-state index in [0.29, 0.717) is 52.0 Å². The number of hydrogen-bond acceptors (Lipinski definition) is 6. The SMILES string of the molecule is CCc1ncc(C)cc1-n1c(C=C(C)C)c(C(=O)N2CCNCC2)cc(-c2nc(-c3ccc(Cl)cc3)cs2)c1=O. The monoisotopic (exact) mass is 573 g/mol. The summed E-state index contributed by atoms with van der Waals surface area (Å²) < 4.78 is 1.67. The molecule has 0 saturated carbocycles. The number of hydrogen-bond donors (Lipinski definition) is 1. The van der Waals surface area contributed by atoms with Crippen molar-refractivity contribution in [2.75, 3.05) is 26.2 Å². The van der Waals surface area contributed by atoms with Crippen molar-refractivity contribution in [3.8, 4) is 27.5 Å². The van der Waals surface area contributed by atoms with Gasteiger partial charge in [-0.15, -0.1) is 11.3 Å². The van der Waals surface area contributed by atoms with Crippen molar-refractivity contribution < 1.29 is 4.79 Å². The van der Waals surface area contributed by atoms with Crippen LogP contribution in [-0.4, -0.2) is 51.5 Å². The molecule has 206 valence electrons. The Morgan fingerprint density at radius 2 is 1.88 bits per heavy atom. The van der Waals surface area contributed by atoms with Crippen LogP contribution in [0.25, 0.3) is 33.6 Å². The highest BCUT2D eigenvalue weighted by Gasteiger charge is 2.27. The van der Waals surface area contributed by atoms with Crippen LogP contribution in [0.4, 0.5) is 0 Å². The van der Waals surface area contributed by atoms with Crippen LogP contribution in [0.1, 0.15) is 48.1 Å². The first kappa shape index (κ1) is 28.0. The summed E-state index contributed by atoms with van der Waals surface area (Å²) in [6, 6.07) is 11.2. The minimum absolute atomic E-state index is 0.0999. The Kier molecular flexibility index (Phi) is 8.30. The number of aryl methyl sites for hydroxylation is 2. The highest BCUT2D eigenvalue weighted by atomic mass is 35.5. The van der Waals surface area contributed by atoms with Crippen LogP contribution in [0.5, 0.6) is 0 Å². The number of halogens is 1. The number of carbonyl (C=O) groups is 1. The van der Waals surface area contributed by atoms with E-state index in [1.807, 2.05) is 80.6 Å². The Hall–Kier alpha value is -3.59. The molecule has 1 aliphatic heterocycles. The third-order valence-corrected chi connectivity index (χ3v) is 7.96. The van der Waals surface area contributed by atoms with Crippen LogP contribution in [0.3, 0.4) is 0 Å². The van der Waals surface area contributed by atoms with Crippen molar-refractivity contribution in [2.45, 2.75) is 34.1 Å². The summed E-state index contributed by atoms with van der Waals surface area (Å²) in [5.74, 6) is -0.0999. The van der Waals surface area contributed by atoms with Crippen LogP contribution >= 0.6 is 22.9 Å². The second-order valence-corrected chi connectivity index (χ2v) is 11.4. The molecular weight excluding hydrogens is 542 g/mol. The molecule has 0 bridgehead atoms. The van der Waals surface area contributed by atoms with Gasteiger partial charge in [0.25, 0.3) is 11.5 Å². The van der Waals surface area contributed by atoms with E-state index in [-0.39, 0.29) is 11.5 Å². The van der Waals surface area contributed by atoms with Crippen LogP contribution < -0.4 is 10.9 Å². The van der Waals surface area contributed by atoms with Gasteiger partial charge in [-0.2, -0.15) is 0 Å². The summed E-state index contributed by atoms with van der Waals surface area (Å²) in [6.45, 7) is 10.6. The molecular formula is C31H32ClN5O2S. The standard InChI is InChI=1S/C31H32ClN5O2S/c1-5-25-28(15-20(4)17-34-25)37-27(14-19(2)3)23(30(38)36-12-10-33-11-13-36)16-24(31(37)39)29-35-26(18-40-29)21-6-8-22(32)9-7-21/h6-9,14-18,33H,5,10-13H2,1-4H3. The zero-order valence-electron chi connectivity index (χ0n) is 23.1. The summed E-state index contributed by atoms with van der Waals surface area (Å²) in [5, 5.41) is 6.44. The molecule has 1 N–H and O–H groups in total. The average Bonchev–Trinajstić information content (AvgIpc) is 3.43. The summed E-state index contributed by atoms with van der Waals surface area (Å²) in [4.78, 5) is 39.8. The van der Waals surface area contributed by atoms with Crippen molar-refractivity contribution in [3.63, 3.8) is 0 Å². The van der Waals surface area contributed by atoms with Gasteiger partial charge in [0.2, 0.25) is 0 Å². The molecule has 4 heterocycles. The van der Waals surface area contributed by atoms with Crippen molar-refractivity contribution in [3.05, 3.63) is 91.4 Å². The fraction of sp³-hybridized carbons (Fsp3) is 0.290. The zero-order chi connectivity index (χ0) is 28.4. The lowest BCUT2D eigenvalue weighted by molar-refractivity contribution is 0.0735. The van der Waals surface area contributed by atoms with Gasteiger partial charge in [-0.05, 0) is 63.1 Å². The van der Waals surface area contributed by atoms with E-state index in [2.05, 4.69) is 10.3 Å². The van der Waals surface area contributed by atoms with Crippen molar-refractivity contribution in [2.24, 2.45) is 0 Å². The summed E-state index contributed by atoms with van der Waals surface area (Å²) in [7, 11) is 0. The van der Waals surface area contributed by atoms with E-state index in [4.69, 9.17) is 16.6 Å². The summed E-state index contributed by atoms with van der Waals surface area (Å²) in [5.41, 5.74) is 6.23. The Bertz CT molecular complexity index is 1650. The van der Waals surface area contributed by atoms with Gasteiger partial charge in [0.1, 0.15) is 5.01 Å². The molecule has 7 nitrogen and oxygen atoms in total. The Morgan fingerprint density at radius 3 is 2.55 bits per heavy atom. The Balaban J connectivity index is 1.79. The second-order valence-electron chi connectivity index (χ2n) is 10.1. The maximum atomic E-state index is 14.4. The molecule has 0 aliphatic carbocycles. The van der Waals surface area contributed by atoms with E-state index in [9.17, 15) is 9.59 Å². The summed E-state index contributed by atoms with van der Waals surface area (Å²) in [6.07, 6.45) is 4.37. The molecule has 5 rings (SSSR count). The number of carbonyl (C=O) groups excluding carboxylic acids is 1. The van der Waals surface area contributed by atoms with E-state index in [1.165, 1.54) is 11.3 Å². The van der Waals surface area contributed by atoms with Gasteiger partial charge in [-0.25, -0.2) is 4.98 Å². The summed E-state index contributed by atoms with van der Waals surface area (Å²) >= 11 is 7.47. The Labute approximate surface area is 243 Å². The number of allylic oxidation sites excluding steroid dienone is 1. The number of pyridine rings is 2. The number of benzene rings is 1. The number of nitrogens with one attached hydrogen (secondary N) is 1. The number of thiazole rings is 1. The maximum Gasteiger partial charge on any atom is 0.265 e. The number of piperazine rings is 1. The number of amides is 1. The van der Waals surface area contributed by atoms with Crippen molar-refractivity contribution in [1.29, 1.82) is 0 Å². The third-order valence-electron chi connectivity index (χ3n) is 6.83. The van der Waals surface area contributed by atoms with Gasteiger partial charge >= 0.3 is 0 Å². The molecule has 0 radical (unpaired) electrons.